The summed E-state index contributed by atoms with van der Waals surface area (Å²) in [6.07, 6.45) is 6.30. The number of halogens is 2. The van der Waals surface area contributed by atoms with Gasteiger partial charge in [-0.1, -0.05) is 22.0 Å². The van der Waals surface area contributed by atoms with E-state index >= 15 is 0 Å². The summed E-state index contributed by atoms with van der Waals surface area (Å²) in [5.41, 5.74) is 0. The van der Waals surface area contributed by atoms with E-state index in [0.717, 1.165) is 49.2 Å². The highest BCUT2D eigenvalue weighted by Crippen LogP contribution is 2.17. The number of hydrogen-bond acceptors (Lipinski definition) is 2. The molecule has 1 heterocycles. The van der Waals surface area contributed by atoms with E-state index in [9.17, 15) is 0 Å². The van der Waals surface area contributed by atoms with Gasteiger partial charge in [0, 0.05) is 23.5 Å². The van der Waals surface area contributed by atoms with E-state index in [1.807, 2.05) is 0 Å². The first-order valence-corrected chi connectivity index (χ1v) is 6.32. The molecule has 0 aromatic heterocycles. The van der Waals surface area contributed by atoms with E-state index in [1.54, 1.807) is 0 Å². The Kier molecular flexibility index (Phi) is 6.95. The van der Waals surface area contributed by atoms with E-state index < -0.39 is 0 Å². The second-order valence-corrected chi connectivity index (χ2v) is 4.49. The first-order valence-electron chi connectivity index (χ1n) is 4.99. The summed E-state index contributed by atoms with van der Waals surface area (Å²) in [5, 5.41) is 0. The molecule has 1 aliphatic heterocycles. The zero-order valence-electron chi connectivity index (χ0n) is 8.18. The third-order valence-corrected chi connectivity index (χ3v) is 2.94. The van der Waals surface area contributed by atoms with E-state index in [1.165, 1.54) is 0 Å². The number of unbranched alkanes of at least 4 members (excludes halogenated alkanes) is 2. The molecular formula is C9H15BBrClO2. The van der Waals surface area contributed by atoms with Gasteiger partial charge in [-0.3, -0.25) is 0 Å². The highest BCUT2D eigenvalue weighted by Gasteiger charge is 2.24. The first-order chi connectivity index (χ1) is 6.84. The van der Waals surface area contributed by atoms with Crippen molar-refractivity contribution in [3.05, 3.63) is 10.5 Å². The molecule has 0 N–H and O–H groups in total. The second-order valence-electron chi connectivity index (χ2n) is 3.20. The molecule has 0 aliphatic carbocycles. The number of hydrogen-bond donors (Lipinski definition) is 0. The summed E-state index contributed by atoms with van der Waals surface area (Å²) < 4.78 is 11.9. The van der Waals surface area contributed by atoms with Crippen LogP contribution in [0.1, 0.15) is 25.7 Å². The fourth-order valence-electron chi connectivity index (χ4n) is 1.22. The van der Waals surface area contributed by atoms with Crippen molar-refractivity contribution in [2.75, 3.05) is 19.1 Å². The Morgan fingerprint density at radius 3 is 2.71 bits per heavy atom. The molecule has 0 amide bonds. The lowest BCUT2D eigenvalue weighted by Crippen LogP contribution is -2.30. The molecule has 0 aromatic carbocycles. The molecule has 0 bridgehead atoms. The molecule has 0 atom stereocenters. The fourth-order valence-corrected chi connectivity index (χ4v) is 1.90. The third kappa shape index (κ3) is 4.83. The van der Waals surface area contributed by atoms with Gasteiger partial charge in [0.2, 0.25) is 0 Å². The Hall–Kier alpha value is 0.495. The van der Waals surface area contributed by atoms with E-state index in [0.29, 0.717) is 0 Å². The van der Waals surface area contributed by atoms with Gasteiger partial charge in [-0.25, -0.2) is 0 Å². The summed E-state index contributed by atoms with van der Waals surface area (Å²) in [7, 11) is -0.181. The predicted octanol–water partition coefficient (Wildman–Crippen LogP) is 3.14. The highest BCUT2D eigenvalue weighted by molar-refractivity contribution is 9.12. The van der Waals surface area contributed by atoms with Crippen LogP contribution in [0.5, 0.6) is 0 Å². The molecule has 14 heavy (non-hydrogen) atoms. The maximum Gasteiger partial charge on any atom is 0.500 e. The van der Waals surface area contributed by atoms with Crippen LogP contribution in [0, 0.1) is 0 Å². The lowest BCUT2D eigenvalue weighted by atomic mass is 9.87. The highest BCUT2D eigenvalue weighted by atomic mass is 79.9. The molecule has 0 unspecified atom stereocenters. The lowest BCUT2D eigenvalue weighted by molar-refractivity contribution is 0.142. The Balaban J connectivity index is 2.20. The molecule has 1 rings (SSSR count). The standard InChI is InChI=1S/C9H15BBrClO2/c11-9(5-2-1-3-6-12)10-13-7-4-8-14-10/h5H,1-4,6-8H2/b9-5-. The zero-order valence-corrected chi connectivity index (χ0v) is 10.5. The topological polar surface area (TPSA) is 18.5 Å². The maximum atomic E-state index is 5.58. The van der Waals surface area contributed by atoms with Crippen molar-refractivity contribution in [3.63, 3.8) is 0 Å². The molecule has 1 aliphatic rings. The predicted molar refractivity (Wildman–Crippen MR) is 63.9 cm³/mol. The quantitative estimate of drug-likeness (QED) is 0.438. The van der Waals surface area contributed by atoms with Crippen molar-refractivity contribution in [3.8, 4) is 0 Å². The van der Waals surface area contributed by atoms with Gasteiger partial charge in [-0.2, -0.15) is 0 Å². The van der Waals surface area contributed by atoms with Gasteiger partial charge in [0.1, 0.15) is 0 Å². The van der Waals surface area contributed by atoms with Gasteiger partial charge < -0.3 is 9.31 Å². The third-order valence-electron chi connectivity index (χ3n) is 1.98. The minimum absolute atomic E-state index is 0.181. The summed E-state index contributed by atoms with van der Waals surface area (Å²) >= 11 is 9.05. The van der Waals surface area contributed by atoms with Crippen molar-refractivity contribution >= 4 is 34.6 Å². The van der Waals surface area contributed by atoms with Crippen LogP contribution in [0.25, 0.3) is 0 Å². The van der Waals surface area contributed by atoms with Gasteiger partial charge in [0.15, 0.2) is 0 Å². The van der Waals surface area contributed by atoms with Crippen LogP contribution >= 0.6 is 27.5 Å². The molecule has 80 valence electrons. The fraction of sp³-hybridized carbons (Fsp3) is 0.778. The lowest BCUT2D eigenvalue weighted by Gasteiger charge is -2.19. The monoisotopic (exact) mass is 280 g/mol. The minimum atomic E-state index is -0.181. The van der Waals surface area contributed by atoms with Gasteiger partial charge in [-0.15, -0.1) is 11.6 Å². The second kappa shape index (κ2) is 7.74. The number of rotatable bonds is 5. The minimum Gasteiger partial charge on any atom is -0.407 e. The Bertz CT molecular complexity index is 184. The van der Waals surface area contributed by atoms with Gasteiger partial charge in [0.05, 0.1) is 0 Å². The SMILES string of the molecule is ClCCCC/C=C(\Br)B1OCCCO1. The van der Waals surface area contributed by atoms with Gasteiger partial charge in [0.25, 0.3) is 0 Å². The molecule has 0 radical (unpaired) electrons. The van der Waals surface area contributed by atoms with Crippen LogP contribution in [0.2, 0.25) is 0 Å². The molecule has 0 saturated carbocycles. The molecule has 5 heteroatoms. The van der Waals surface area contributed by atoms with Crippen molar-refractivity contribution in [2.24, 2.45) is 0 Å². The normalized spacial score (nSPS) is 18.7. The van der Waals surface area contributed by atoms with Crippen molar-refractivity contribution in [2.45, 2.75) is 25.7 Å². The molecule has 0 spiro atoms. The van der Waals surface area contributed by atoms with Crippen LogP contribution in [0.15, 0.2) is 10.5 Å². The van der Waals surface area contributed by atoms with Crippen molar-refractivity contribution in [1.82, 2.24) is 0 Å². The Labute approximate surface area is 99.3 Å². The zero-order chi connectivity index (χ0) is 10.2. The van der Waals surface area contributed by atoms with Crippen LogP contribution in [0.4, 0.5) is 0 Å². The average molecular weight is 281 g/mol. The van der Waals surface area contributed by atoms with Crippen LogP contribution in [-0.2, 0) is 9.31 Å². The summed E-state index contributed by atoms with van der Waals surface area (Å²) in [6.45, 7) is 1.57. The smallest absolute Gasteiger partial charge is 0.407 e. The van der Waals surface area contributed by atoms with Crippen molar-refractivity contribution < 1.29 is 9.31 Å². The molecule has 1 saturated heterocycles. The number of alkyl halides is 1. The van der Waals surface area contributed by atoms with Crippen molar-refractivity contribution in [1.29, 1.82) is 0 Å². The largest absolute Gasteiger partial charge is 0.500 e. The number of allylic oxidation sites excluding steroid dienone is 1. The summed E-state index contributed by atoms with van der Waals surface area (Å²) in [5.74, 6) is 0.738. The van der Waals surface area contributed by atoms with E-state index in [-0.39, 0.29) is 7.12 Å². The van der Waals surface area contributed by atoms with Gasteiger partial charge >= 0.3 is 7.12 Å². The van der Waals surface area contributed by atoms with Gasteiger partial charge in [-0.05, 0) is 25.7 Å². The molecule has 0 aromatic rings. The van der Waals surface area contributed by atoms with E-state index in [2.05, 4.69) is 22.0 Å². The Morgan fingerprint density at radius 1 is 1.36 bits per heavy atom. The molecule has 1 fully saturated rings. The van der Waals surface area contributed by atoms with Crippen LogP contribution in [-0.4, -0.2) is 26.2 Å². The Morgan fingerprint density at radius 2 is 2.07 bits per heavy atom. The first kappa shape index (κ1) is 12.6. The van der Waals surface area contributed by atoms with Crippen LogP contribution < -0.4 is 0 Å². The van der Waals surface area contributed by atoms with Crippen LogP contribution in [0.3, 0.4) is 0 Å². The molecular weight excluding hydrogens is 266 g/mol. The summed E-state index contributed by atoms with van der Waals surface area (Å²) in [6, 6.07) is 0. The molecule has 2 nitrogen and oxygen atoms in total. The maximum absolute atomic E-state index is 5.58. The summed E-state index contributed by atoms with van der Waals surface area (Å²) in [4.78, 5) is 0. The van der Waals surface area contributed by atoms with E-state index in [4.69, 9.17) is 20.9 Å². The average Bonchev–Trinajstić information content (AvgIpc) is 2.25.